The first kappa shape index (κ1) is 20.0. The zero-order valence-corrected chi connectivity index (χ0v) is 15.1. The molecule has 134 valence electrons. The number of aliphatic imine (C=N–C) groups is 1. The van der Waals surface area contributed by atoms with Crippen LogP contribution in [-0.4, -0.2) is 33.7 Å². The van der Waals surface area contributed by atoms with E-state index in [1.54, 1.807) is 6.07 Å². The first-order valence-corrected chi connectivity index (χ1v) is 9.64. The molecule has 0 aromatic heterocycles. The predicted molar refractivity (Wildman–Crippen MR) is 94.1 cm³/mol. The number of unbranched alkanes of at least 4 members (excludes halogenated alkanes) is 3. The van der Waals surface area contributed by atoms with Crippen LogP contribution >= 0.6 is 0 Å². The van der Waals surface area contributed by atoms with Gasteiger partial charge in [-0.3, -0.25) is 4.79 Å². The van der Waals surface area contributed by atoms with Gasteiger partial charge < -0.3 is 16.2 Å². The zero-order chi connectivity index (χ0) is 18.3. The number of methoxy groups -OCH3 is 1. The lowest BCUT2D eigenvalue weighted by atomic mass is 10.0. The third kappa shape index (κ3) is 5.52. The summed E-state index contributed by atoms with van der Waals surface area (Å²) in [7, 11) is -2.10. The number of hydrogen-bond acceptors (Lipinski definition) is 4. The summed E-state index contributed by atoms with van der Waals surface area (Å²) in [5.41, 5.74) is 11.1. The minimum atomic E-state index is -3.50. The first-order chi connectivity index (χ1) is 11.2. The summed E-state index contributed by atoms with van der Waals surface area (Å²) in [5, 5.41) is 0. The molecular formula is C16H25N3O4S. The number of nitrogens with two attached hydrogens (primary N) is 2. The Kier molecular flexibility index (Phi) is 7.21. The van der Waals surface area contributed by atoms with Gasteiger partial charge in [-0.1, -0.05) is 26.2 Å². The molecule has 7 nitrogen and oxygen atoms in total. The van der Waals surface area contributed by atoms with Gasteiger partial charge in [-0.05, 0) is 30.5 Å². The SMILES string of the molecule is CCCCCCc1cc(OC)c(C(=O)N=C(N)N)cc1S(C)(=O)=O. The normalized spacial score (nSPS) is 11.1. The van der Waals surface area contributed by atoms with Gasteiger partial charge in [0.05, 0.1) is 17.6 Å². The number of amides is 1. The summed E-state index contributed by atoms with van der Waals surface area (Å²) in [6, 6.07) is 2.87. The van der Waals surface area contributed by atoms with Crippen LogP contribution in [0.3, 0.4) is 0 Å². The number of benzene rings is 1. The first-order valence-electron chi connectivity index (χ1n) is 7.75. The van der Waals surface area contributed by atoms with E-state index >= 15 is 0 Å². The van der Waals surface area contributed by atoms with E-state index in [2.05, 4.69) is 11.9 Å². The maximum absolute atomic E-state index is 12.1. The van der Waals surface area contributed by atoms with Gasteiger partial charge in [-0.25, -0.2) is 8.42 Å². The van der Waals surface area contributed by atoms with Crippen molar-refractivity contribution in [2.24, 2.45) is 16.5 Å². The quantitative estimate of drug-likeness (QED) is 0.415. The van der Waals surface area contributed by atoms with E-state index in [9.17, 15) is 13.2 Å². The van der Waals surface area contributed by atoms with Crippen molar-refractivity contribution in [3.05, 3.63) is 23.3 Å². The molecule has 0 saturated carbocycles. The van der Waals surface area contributed by atoms with Gasteiger partial charge in [0.25, 0.3) is 5.91 Å². The number of ether oxygens (including phenoxy) is 1. The van der Waals surface area contributed by atoms with Crippen LogP contribution in [0.4, 0.5) is 0 Å². The Morgan fingerprint density at radius 3 is 2.38 bits per heavy atom. The maximum Gasteiger partial charge on any atom is 0.283 e. The Balaban J connectivity index is 3.35. The Bertz CT molecular complexity index is 723. The number of nitrogens with zero attached hydrogens (tertiary/aromatic N) is 1. The van der Waals surface area contributed by atoms with Crippen molar-refractivity contribution < 1.29 is 17.9 Å². The topological polar surface area (TPSA) is 125 Å². The predicted octanol–water partition coefficient (Wildman–Crippen LogP) is 1.64. The molecule has 0 unspecified atom stereocenters. The van der Waals surface area contributed by atoms with Gasteiger partial charge in [-0.15, -0.1) is 0 Å². The molecule has 0 radical (unpaired) electrons. The van der Waals surface area contributed by atoms with Crippen molar-refractivity contribution in [3.63, 3.8) is 0 Å². The fraction of sp³-hybridized carbons (Fsp3) is 0.500. The number of hydrogen-bond donors (Lipinski definition) is 2. The Morgan fingerprint density at radius 2 is 1.88 bits per heavy atom. The minimum Gasteiger partial charge on any atom is -0.496 e. The number of carbonyl (C=O) groups excluding carboxylic acids is 1. The Hall–Kier alpha value is -2.09. The van der Waals surface area contributed by atoms with Crippen molar-refractivity contribution in [2.75, 3.05) is 13.4 Å². The second-order valence-corrected chi connectivity index (χ2v) is 7.57. The molecule has 0 spiro atoms. The molecule has 1 amide bonds. The molecular weight excluding hydrogens is 330 g/mol. The number of sulfone groups is 1. The van der Waals surface area contributed by atoms with Crippen LogP contribution in [-0.2, 0) is 16.3 Å². The lowest BCUT2D eigenvalue weighted by Gasteiger charge is -2.13. The van der Waals surface area contributed by atoms with E-state index in [4.69, 9.17) is 16.2 Å². The molecule has 0 aliphatic carbocycles. The lowest BCUT2D eigenvalue weighted by Crippen LogP contribution is -2.24. The average molecular weight is 355 g/mol. The van der Waals surface area contributed by atoms with Crippen LogP contribution in [0.25, 0.3) is 0 Å². The van der Waals surface area contributed by atoms with Crippen molar-refractivity contribution in [1.82, 2.24) is 0 Å². The van der Waals surface area contributed by atoms with Crippen molar-refractivity contribution >= 4 is 21.7 Å². The fourth-order valence-corrected chi connectivity index (χ4v) is 3.37. The van der Waals surface area contributed by atoms with Crippen LogP contribution in [0, 0.1) is 0 Å². The van der Waals surface area contributed by atoms with Crippen LogP contribution in [0.1, 0.15) is 48.5 Å². The molecule has 0 atom stereocenters. The number of guanidine groups is 1. The summed E-state index contributed by atoms with van der Waals surface area (Å²) < 4.78 is 29.4. The molecule has 0 heterocycles. The molecule has 0 bridgehead atoms. The summed E-state index contributed by atoms with van der Waals surface area (Å²) in [6.07, 6.45) is 5.76. The second kappa shape index (κ2) is 8.68. The molecule has 0 aliphatic heterocycles. The van der Waals surface area contributed by atoms with E-state index in [0.717, 1.165) is 31.9 Å². The molecule has 1 rings (SSSR count). The molecule has 4 N–H and O–H groups in total. The fourth-order valence-electron chi connectivity index (χ4n) is 2.40. The standard InChI is InChI=1S/C16H25N3O4S/c1-4-5-6-7-8-11-9-13(23-2)12(15(20)19-16(17)18)10-14(11)24(3,21)22/h9-10H,4-8H2,1-3H3,(H4,17,18,19,20). The van der Waals surface area contributed by atoms with E-state index in [-0.39, 0.29) is 16.2 Å². The van der Waals surface area contributed by atoms with Crippen molar-refractivity contribution in [1.29, 1.82) is 0 Å². The minimum absolute atomic E-state index is 0.0173. The van der Waals surface area contributed by atoms with Crippen LogP contribution in [0.5, 0.6) is 5.75 Å². The number of carbonyl (C=O) groups is 1. The van der Waals surface area contributed by atoms with E-state index in [1.165, 1.54) is 13.2 Å². The monoisotopic (exact) mass is 355 g/mol. The van der Waals surface area contributed by atoms with Crippen LogP contribution in [0.2, 0.25) is 0 Å². The molecule has 0 saturated heterocycles. The van der Waals surface area contributed by atoms with Gasteiger partial charge >= 0.3 is 0 Å². The van der Waals surface area contributed by atoms with Gasteiger partial charge in [0.2, 0.25) is 0 Å². The van der Waals surface area contributed by atoms with E-state index in [0.29, 0.717) is 12.0 Å². The van der Waals surface area contributed by atoms with Crippen LogP contribution < -0.4 is 16.2 Å². The Morgan fingerprint density at radius 1 is 1.21 bits per heavy atom. The highest BCUT2D eigenvalue weighted by Crippen LogP contribution is 2.29. The van der Waals surface area contributed by atoms with Crippen LogP contribution in [0.15, 0.2) is 22.0 Å². The summed E-state index contributed by atoms with van der Waals surface area (Å²) in [5.74, 6) is -0.885. The number of rotatable bonds is 8. The van der Waals surface area contributed by atoms with Gasteiger partial charge in [0, 0.05) is 6.26 Å². The average Bonchev–Trinajstić information content (AvgIpc) is 2.49. The largest absolute Gasteiger partial charge is 0.496 e. The van der Waals surface area contributed by atoms with E-state index in [1.807, 2.05) is 0 Å². The third-order valence-corrected chi connectivity index (χ3v) is 4.72. The highest BCUT2D eigenvalue weighted by atomic mass is 32.2. The summed E-state index contributed by atoms with van der Waals surface area (Å²) in [4.78, 5) is 15.7. The smallest absolute Gasteiger partial charge is 0.283 e. The molecule has 1 aromatic rings. The third-order valence-electron chi connectivity index (χ3n) is 3.54. The van der Waals surface area contributed by atoms with Gasteiger partial charge in [-0.2, -0.15) is 4.99 Å². The molecule has 1 aromatic carbocycles. The molecule has 8 heteroatoms. The highest BCUT2D eigenvalue weighted by molar-refractivity contribution is 7.90. The zero-order valence-electron chi connectivity index (χ0n) is 14.3. The van der Waals surface area contributed by atoms with Crippen molar-refractivity contribution in [2.45, 2.75) is 43.9 Å². The molecule has 24 heavy (non-hydrogen) atoms. The highest BCUT2D eigenvalue weighted by Gasteiger charge is 2.21. The summed E-state index contributed by atoms with van der Waals surface area (Å²) >= 11 is 0. The van der Waals surface area contributed by atoms with Gasteiger partial charge in [0.15, 0.2) is 15.8 Å². The second-order valence-electron chi connectivity index (χ2n) is 5.58. The van der Waals surface area contributed by atoms with Crippen molar-refractivity contribution in [3.8, 4) is 5.75 Å². The number of aryl methyl sites for hydroxylation is 1. The molecule has 0 aliphatic rings. The molecule has 0 fully saturated rings. The summed E-state index contributed by atoms with van der Waals surface area (Å²) in [6.45, 7) is 2.11. The van der Waals surface area contributed by atoms with Gasteiger partial charge in [0.1, 0.15) is 5.75 Å². The Labute approximate surface area is 143 Å². The maximum atomic E-state index is 12.1. The van der Waals surface area contributed by atoms with E-state index < -0.39 is 21.7 Å². The lowest BCUT2D eigenvalue weighted by molar-refractivity contribution is 0.0999.